The number of thiophene rings is 1. The molecule has 0 fully saturated rings. The topological polar surface area (TPSA) is 48.1 Å². The second-order valence-electron chi connectivity index (χ2n) is 3.54. The van der Waals surface area contributed by atoms with E-state index in [4.69, 9.17) is 10.5 Å². The number of halogens is 1. The lowest BCUT2D eigenvalue weighted by atomic mass is 10.3. The van der Waals surface area contributed by atoms with Crippen LogP contribution in [0.15, 0.2) is 34.2 Å². The van der Waals surface area contributed by atoms with E-state index in [2.05, 4.69) is 27.0 Å². The Morgan fingerprint density at radius 2 is 2.29 bits per heavy atom. The first-order valence-corrected chi connectivity index (χ1v) is 6.96. The van der Waals surface area contributed by atoms with Crippen molar-refractivity contribution in [2.75, 3.05) is 6.54 Å². The van der Waals surface area contributed by atoms with E-state index in [1.54, 1.807) is 17.5 Å². The van der Waals surface area contributed by atoms with Gasteiger partial charge in [-0.05, 0) is 40.7 Å². The molecule has 0 spiro atoms. The predicted molar refractivity (Wildman–Crippen MR) is 73.3 cm³/mol. The highest BCUT2D eigenvalue weighted by Gasteiger charge is 2.00. The van der Waals surface area contributed by atoms with Crippen molar-refractivity contribution < 1.29 is 4.74 Å². The molecule has 2 aromatic rings. The predicted octanol–water partition coefficient (Wildman–Crippen LogP) is 2.99. The maximum atomic E-state index is 5.63. The molecule has 0 aliphatic heterocycles. The van der Waals surface area contributed by atoms with Crippen LogP contribution in [0.25, 0.3) is 0 Å². The number of hydrogen-bond acceptors (Lipinski definition) is 4. The Labute approximate surface area is 113 Å². The largest absolute Gasteiger partial charge is 0.486 e. The molecule has 2 rings (SSSR count). The molecule has 0 aromatic carbocycles. The minimum Gasteiger partial charge on any atom is -0.486 e. The van der Waals surface area contributed by atoms with Gasteiger partial charge in [0.05, 0.1) is 6.20 Å². The molecule has 3 nitrogen and oxygen atoms in total. The third-order valence-corrected chi connectivity index (χ3v) is 3.87. The van der Waals surface area contributed by atoms with Crippen molar-refractivity contribution in [3.8, 4) is 5.75 Å². The van der Waals surface area contributed by atoms with E-state index < -0.39 is 0 Å². The number of nitrogens with two attached hydrogens (primary N) is 1. The molecule has 0 unspecified atom stereocenters. The van der Waals surface area contributed by atoms with Gasteiger partial charge in [0.1, 0.15) is 12.4 Å². The summed E-state index contributed by atoms with van der Waals surface area (Å²) in [6.45, 7) is 1.20. The molecule has 5 heteroatoms. The zero-order valence-electron chi connectivity index (χ0n) is 9.23. The van der Waals surface area contributed by atoms with Crippen molar-refractivity contribution >= 4 is 27.3 Å². The van der Waals surface area contributed by atoms with E-state index in [1.165, 1.54) is 4.88 Å². The van der Waals surface area contributed by atoms with Crippen molar-refractivity contribution in [3.63, 3.8) is 0 Å². The summed E-state index contributed by atoms with van der Waals surface area (Å²) in [5.74, 6) is 0.787. The Morgan fingerprint density at radius 1 is 1.41 bits per heavy atom. The minimum atomic E-state index is 0.578. The molecule has 2 N–H and O–H groups in total. The van der Waals surface area contributed by atoms with Crippen LogP contribution in [0, 0.1) is 0 Å². The maximum absolute atomic E-state index is 5.63. The first kappa shape index (κ1) is 12.5. The van der Waals surface area contributed by atoms with Gasteiger partial charge in [0.2, 0.25) is 0 Å². The molecule has 0 aliphatic rings. The van der Waals surface area contributed by atoms with E-state index in [0.29, 0.717) is 13.2 Å². The molecule has 0 aliphatic carbocycles. The summed E-state index contributed by atoms with van der Waals surface area (Å²) in [6, 6.07) is 5.94. The van der Waals surface area contributed by atoms with Crippen LogP contribution in [-0.4, -0.2) is 11.5 Å². The van der Waals surface area contributed by atoms with E-state index in [9.17, 15) is 0 Å². The zero-order chi connectivity index (χ0) is 12.1. The van der Waals surface area contributed by atoms with Gasteiger partial charge in [0.25, 0.3) is 0 Å². The van der Waals surface area contributed by atoms with E-state index in [-0.39, 0.29) is 0 Å². The molecule has 0 saturated carbocycles. The van der Waals surface area contributed by atoms with Gasteiger partial charge in [-0.15, -0.1) is 11.3 Å². The van der Waals surface area contributed by atoms with Crippen LogP contribution in [0.5, 0.6) is 5.75 Å². The first-order valence-electron chi connectivity index (χ1n) is 5.28. The highest BCUT2D eigenvalue weighted by atomic mass is 79.9. The van der Waals surface area contributed by atoms with Crippen LogP contribution in [0.2, 0.25) is 0 Å². The van der Waals surface area contributed by atoms with Gasteiger partial charge < -0.3 is 10.5 Å². The average molecular weight is 313 g/mol. The fourth-order valence-corrected chi connectivity index (χ4v) is 2.74. The Balaban J connectivity index is 1.90. The lowest BCUT2D eigenvalue weighted by Crippen LogP contribution is -2.04. The van der Waals surface area contributed by atoms with Gasteiger partial charge in [0, 0.05) is 26.8 Å². The number of hydrogen-bond donors (Lipinski definition) is 1. The molecular formula is C12H13BrN2OS. The van der Waals surface area contributed by atoms with Crippen LogP contribution in [0.4, 0.5) is 0 Å². The monoisotopic (exact) mass is 312 g/mol. The van der Waals surface area contributed by atoms with Crippen LogP contribution < -0.4 is 10.5 Å². The lowest BCUT2D eigenvalue weighted by molar-refractivity contribution is 0.308. The summed E-state index contributed by atoms with van der Waals surface area (Å²) in [5, 5.41) is 2.04. The van der Waals surface area contributed by atoms with Crippen molar-refractivity contribution in [3.05, 3.63) is 44.8 Å². The van der Waals surface area contributed by atoms with Crippen LogP contribution >= 0.6 is 27.3 Å². The Morgan fingerprint density at radius 3 is 2.88 bits per heavy atom. The van der Waals surface area contributed by atoms with Gasteiger partial charge in [-0.25, -0.2) is 0 Å². The zero-order valence-corrected chi connectivity index (χ0v) is 11.6. The second kappa shape index (κ2) is 6.14. The number of ether oxygens (including phenoxy) is 1. The number of nitrogens with zero attached hydrogens (tertiary/aromatic N) is 1. The van der Waals surface area contributed by atoms with Crippen LogP contribution in [0.3, 0.4) is 0 Å². The molecule has 17 heavy (non-hydrogen) atoms. The standard InChI is InChI=1S/C12H13BrN2OS/c13-9-5-12(17-8-9)7-16-11-2-1-10(3-4-14)15-6-11/h1-2,5-6,8H,3-4,7,14H2. The summed E-state index contributed by atoms with van der Waals surface area (Å²) < 4.78 is 6.73. The van der Waals surface area contributed by atoms with Gasteiger partial charge in [-0.1, -0.05) is 0 Å². The Bertz CT molecular complexity index is 470. The van der Waals surface area contributed by atoms with E-state index in [0.717, 1.165) is 22.3 Å². The first-order chi connectivity index (χ1) is 8.28. The Hall–Kier alpha value is -0.910. The summed E-state index contributed by atoms with van der Waals surface area (Å²) in [6.07, 6.45) is 2.55. The number of pyridine rings is 1. The van der Waals surface area contributed by atoms with Gasteiger partial charge in [-0.3, -0.25) is 4.98 Å². The summed E-state index contributed by atoms with van der Waals surface area (Å²) in [4.78, 5) is 5.46. The molecule has 2 aromatic heterocycles. The summed E-state index contributed by atoms with van der Waals surface area (Å²) >= 11 is 5.09. The van der Waals surface area contributed by atoms with Crippen LogP contribution in [-0.2, 0) is 13.0 Å². The molecular weight excluding hydrogens is 300 g/mol. The van der Waals surface area contributed by atoms with E-state index in [1.807, 2.05) is 17.5 Å². The van der Waals surface area contributed by atoms with Gasteiger partial charge in [0.15, 0.2) is 0 Å². The Kier molecular flexibility index (Phi) is 4.53. The molecule has 0 bridgehead atoms. The SMILES string of the molecule is NCCc1ccc(OCc2cc(Br)cs2)cn1. The van der Waals surface area contributed by atoms with E-state index >= 15 is 0 Å². The molecule has 0 saturated heterocycles. The second-order valence-corrected chi connectivity index (χ2v) is 5.46. The third kappa shape index (κ3) is 3.80. The lowest BCUT2D eigenvalue weighted by Gasteiger charge is -2.04. The molecule has 0 radical (unpaired) electrons. The van der Waals surface area contributed by atoms with Crippen molar-refractivity contribution in [1.82, 2.24) is 4.98 Å². The third-order valence-electron chi connectivity index (χ3n) is 2.20. The molecule has 90 valence electrons. The smallest absolute Gasteiger partial charge is 0.138 e. The highest BCUT2D eigenvalue weighted by molar-refractivity contribution is 9.10. The van der Waals surface area contributed by atoms with Gasteiger partial charge in [-0.2, -0.15) is 0 Å². The van der Waals surface area contributed by atoms with Crippen molar-refractivity contribution in [1.29, 1.82) is 0 Å². The summed E-state index contributed by atoms with van der Waals surface area (Å²) in [7, 11) is 0. The van der Waals surface area contributed by atoms with Crippen molar-refractivity contribution in [2.24, 2.45) is 5.73 Å². The maximum Gasteiger partial charge on any atom is 0.138 e. The fraction of sp³-hybridized carbons (Fsp3) is 0.250. The molecule has 0 atom stereocenters. The van der Waals surface area contributed by atoms with Gasteiger partial charge >= 0.3 is 0 Å². The number of aromatic nitrogens is 1. The quantitative estimate of drug-likeness (QED) is 0.923. The average Bonchev–Trinajstić information content (AvgIpc) is 2.75. The fourth-order valence-electron chi connectivity index (χ4n) is 1.38. The normalized spacial score (nSPS) is 10.5. The molecule has 2 heterocycles. The van der Waals surface area contributed by atoms with Crippen molar-refractivity contribution in [2.45, 2.75) is 13.0 Å². The van der Waals surface area contributed by atoms with Crippen LogP contribution in [0.1, 0.15) is 10.6 Å². The molecule has 0 amide bonds. The minimum absolute atomic E-state index is 0.578. The summed E-state index contributed by atoms with van der Waals surface area (Å²) in [5.41, 5.74) is 6.46. The highest BCUT2D eigenvalue weighted by Crippen LogP contribution is 2.21. The number of rotatable bonds is 5.